The van der Waals surface area contributed by atoms with E-state index in [9.17, 15) is 9.59 Å². The molecule has 1 aliphatic carbocycles. The number of nitrogens with one attached hydrogen (secondary N) is 1. The van der Waals surface area contributed by atoms with Gasteiger partial charge in [-0.15, -0.1) is 11.3 Å². The highest BCUT2D eigenvalue weighted by atomic mass is 32.1. The van der Waals surface area contributed by atoms with Crippen molar-refractivity contribution in [2.75, 3.05) is 0 Å². The summed E-state index contributed by atoms with van der Waals surface area (Å²) in [6.07, 6.45) is 4.14. The number of hydrogen-bond donors (Lipinski definition) is 1. The SMILES string of the molecule is O=C(NC1(C(=O)OCc2ccccc2)CCCCC1)c1cc2ccccc2s1. The lowest BCUT2D eigenvalue weighted by Crippen LogP contribution is -2.56. The maximum Gasteiger partial charge on any atom is 0.332 e. The third-order valence-corrected chi connectivity index (χ3v) is 6.43. The van der Waals surface area contributed by atoms with Crippen LogP contribution in [0.25, 0.3) is 10.1 Å². The van der Waals surface area contributed by atoms with E-state index < -0.39 is 5.54 Å². The molecule has 1 amide bonds. The number of ether oxygens (including phenoxy) is 1. The Hall–Kier alpha value is -2.66. The van der Waals surface area contributed by atoms with Crippen molar-refractivity contribution in [2.24, 2.45) is 0 Å². The molecule has 0 radical (unpaired) electrons. The summed E-state index contributed by atoms with van der Waals surface area (Å²) in [6.45, 7) is 0.222. The molecule has 1 aromatic heterocycles. The number of carbonyl (C=O) groups excluding carboxylic acids is 2. The summed E-state index contributed by atoms with van der Waals surface area (Å²) in [7, 11) is 0. The standard InChI is InChI=1S/C23H23NO3S/c25-21(20-15-18-11-5-6-12-19(18)28-20)24-23(13-7-2-8-14-23)22(26)27-16-17-9-3-1-4-10-17/h1,3-6,9-12,15H,2,7-8,13-14,16H2,(H,24,25). The van der Waals surface area contributed by atoms with Gasteiger partial charge in [0.15, 0.2) is 0 Å². The summed E-state index contributed by atoms with van der Waals surface area (Å²) >= 11 is 1.45. The summed E-state index contributed by atoms with van der Waals surface area (Å²) in [6, 6.07) is 19.4. The van der Waals surface area contributed by atoms with Crippen LogP contribution in [-0.4, -0.2) is 17.4 Å². The zero-order valence-electron chi connectivity index (χ0n) is 15.6. The Kier molecular flexibility index (Phi) is 5.44. The summed E-state index contributed by atoms with van der Waals surface area (Å²) in [5.41, 5.74) is 0.0120. The van der Waals surface area contributed by atoms with Crippen molar-refractivity contribution < 1.29 is 14.3 Å². The Labute approximate surface area is 168 Å². The number of hydrogen-bond acceptors (Lipinski definition) is 4. The van der Waals surface area contributed by atoms with E-state index in [1.807, 2.05) is 60.7 Å². The minimum Gasteiger partial charge on any atom is -0.459 e. The van der Waals surface area contributed by atoms with E-state index in [0.717, 1.165) is 34.9 Å². The first-order valence-corrected chi connectivity index (χ1v) is 10.5. The molecule has 0 bridgehead atoms. The van der Waals surface area contributed by atoms with Crippen LogP contribution in [0.2, 0.25) is 0 Å². The average molecular weight is 394 g/mol. The van der Waals surface area contributed by atoms with E-state index in [4.69, 9.17) is 4.74 Å². The molecule has 3 aromatic rings. The van der Waals surface area contributed by atoms with Crippen molar-refractivity contribution in [3.8, 4) is 0 Å². The lowest BCUT2D eigenvalue weighted by molar-refractivity contribution is -0.154. The van der Waals surface area contributed by atoms with Crippen molar-refractivity contribution in [1.82, 2.24) is 5.32 Å². The zero-order chi connectivity index (χ0) is 19.4. The first-order valence-electron chi connectivity index (χ1n) is 9.69. The van der Waals surface area contributed by atoms with Gasteiger partial charge in [-0.1, -0.05) is 67.8 Å². The van der Waals surface area contributed by atoms with Crippen LogP contribution in [0.1, 0.15) is 47.3 Å². The van der Waals surface area contributed by atoms with Crippen LogP contribution in [0.5, 0.6) is 0 Å². The van der Waals surface area contributed by atoms with Crippen molar-refractivity contribution in [2.45, 2.75) is 44.2 Å². The lowest BCUT2D eigenvalue weighted by Gasteiger charge is -2.35. The van der Waals surface area contributed by atoms with E-state index in [-0.39, 0.29) is 18.5 Å². The van der Waals surface area contributed by atoms with Gasteiger partial charge in [-0.05, 0) is 35.9 Å². The van der Waals surface area contributed by atoms with Gasteiger partial charge in [-0.25, -0.2) is 4.79 Å². The van der Waals surface area contributed by atoms with Gasteiger partial charge in [0.1, 0.15) is 12.1 Å². The maximum atomic E-state index is 13.0. The number of amides is 1. The Bertz CT molecular complexity index is 941. The Morgan fingerprint density at radius 2 is 1.68 bits per heavy atom. The number of carbonyl (C=O) groups is 2. The molecule has 0 saturated heterocycles. The molecule has 5 heteroatoms. The van der Waals surface area contributed by atoms with Gasteiger partial charge in [0, 0.05) is 4.70 Å². The highest BCUT2D eigenvalue weighted by Gasteiger charge is 2.42. The van der Waals surface area contributed by atoms with Gasteiger partial charge >= 0.3 is 5.97 Å². The molecule has 1 fully saturated rings. The monoisotopic (exact) mass is 393 g/mol. The molecule has 0 atom stereocenters. The summed E-state index contributed by atoms with van der Waals surface area (Å²) in [5.74, 6) is -0.523. The molecule has 0 aliphatic heterocycles. The predicted molar refractivity (Wildman–Crippen MR) is 111 cm³/mol. The number of benzene rings is 2. The number of esters is 1. The van der Waals surface area contributed by atoms with Crippen LogP contribution in [0.15, 0.2) is 60.7 Å². The second-order valence-corrected chi connectivity index (χ2v) is 8.39. The highest BCUT2D eigenvalue weighted by molar-refractivity contribution is 7.20. The molecule has 0 spiro atoms. The fourth-order valence-electron chi connectivity index (χ4n) is 3.77. The lowest BCUT2D eigenvalue weighted by atomic mass is 9.81. The molecule has 1 N–H and O–H groups in total. The van der Waals surface area contributed by atoms with E-state index in [2.05, 4.69) is 5.32 Å². The fraction of sp³-hybridized carbons (Fsp3) is 0.304. The van der Waals surface area contributed by atoms with Crippen molar-refractivity contribution >= 4 is 33.3 Å². The first-order chi connectivity index (χ1) is 13.7. The van der Waals surface area contributed by atoms with Gasteiger partial charge in [0.2, 0.25) is 0 Å². The van der Waals surface area contributed by atoms with Gasteiger partial charge in [0.25, 0.3) is 5.91 Å². The molecular formula is C23H23NO3S. The number of fused-ring (bicyclic) bond motifs is 1. The maximum absolute atomic E-state index is 13.0. The molecular weight excluding hydrogens is 370 g/mol. The fourth-order valence-corrected chi connectivity index (χ4v) is 4.73. The van der Waals surface area contributed by atoms with Gasteiger partial charge in [-0.2, -0.15) is 0 Å². The minimum absolute atomic E-state index is 0.195. The average Bonchev–Trinajstić information content (AvgIpc) is 3.18. The molecule has 1 saturated carbocycles. The molecule has 4 rings (SSSR count). The molecule has 144 valence electrons. The third-order valence-electron chi connectivity index (χ3n) is 5.31. The van der Waals surface area contributed by atoms with Crippen LogP contribution < -0.4 is 5.32 Å². The van der Waals surface area contributed by atoms with E-state index in [1.165, 1.54) is 11.3 Å². The van der Waals surface area contributed by atoms with Crippen LogP contribution in [-0.2, 0) is 16.1 Å². The molecule has 28 heavy (non-hydrogen) atoms. The molecule has 4 nitrogen and oxygen atoms in total. The Balaban J connectivity index is 1.51. The second kappa shape index (κ2) is 8.15. The van der Waals surface area contributed by atoms with Crippen LogP contribution in [0.3, 0.4) is 0 Å². The van der Waals surface area contributed by atoms with Crippen molar-refractivity contribution in [3.63, 3.8) is 0 Å². The van der Waals surface area contributed by atoms with Gasteiger partial charge < -0.3 is 10.1 Å². The van der Waals surface area contributed by atoms with Gasteiger partial charge in [-0.3, -0.25) is 4.79 Å². The van der Waals surface area contributed by atoms with Gasteiger partial charge in [0.05, 0.1) is 4.88 Å². The van der Waals surface area contributed by atoms with Crippen LogP contribution >= 0.6 is 11.3 Å². The van der Waals surface area contributed by atoms with E-state index in [0.29, 0.717) is 17.7 Å². The quantitative estimate of drug-likeness (QED) is 0.615. The van der Waals surface area contributed by atoms with Crippen molar-refractivity contribution in [1.29, 1.82) is 0 Å². The number of thiophene rings is 1. The van der Waals surface area contributed by atoms with E-state index in [1.54, 1.807) is 0 Å². The van der Waals surface area contributed by atoms with Crippen molar-refractivity contribution in [3.05, 3.63) is 71.1 Å². The summed E-state index contributed by atoms with van der Waals surface area (Å²) < 4.78 is 6.68. The zero-order valence-corrected chi connectivity index (χ0v) is 16.5. The molecule has 1 aliphatic rings. The van der Waals surface area contributed by atoms with E-state index >= 15 is 0 Å². The molecule has 2 aromatic carbocycles. The van der Waals surface area contributed by atoms with Crippen LogP contribution in [0.4, 0.5) is 0 Å². The summed E-state index contributed by atoms with van der Waals surface area (Å²) in [5, 5.41) is 4.09. The topological polar surface area (TPSA) is 55.4 Å². The van der Waals surface area contributed by atoms with Crippen LogP contribution in [0, 0.1) is 0 Å². The summed E-state index contributed by atoms with van der Waals surface area (Å²) in [4.78, 5) is 26.6. The largest absolute Gasteiger partial charge is 0.459 e. The smallest absolute Gasteiger partial charge is 0.332 e. The third kappa shape index (κ3) is 3.94. The molecule has 1 heterocycles. The molecule has 0 unspecified atom stereocenters. The second-order valence-electron chi connectivity index (χ2n) is 7.31. The minimum atomic E-state index is -0.930. The highest BCUT2D eigenvalue weighted by Crippen LogP contribution is 2.32. The Morgan fingerprint density at radius 1 is 0.964 bits per heavy atom. The number of rotatable bonds is 5. The first kappa shape index (κ1) is 18.7. The Morgan fingerprint density at radius 3 is 2.43 bits per heavy atom. The predicted octanol–water partition coefficient (Wildman–Crippen LogP) is 5.08. The normalized spacial score (nSPS) is 15.9.